The Morgan fingerprint density at radius 3 is 2.62 bits per heavy atom. The second kappa shape index (κ2) is 4.61. The standard InChI is InChI=1S/C10H16N2O4/c1-3-4-10(2,9(15)16)12-6-5-7(13)11-8(6)14/h6,12H,3-5H2,1-2H3,(H,15,16)(H,11,13,14). The number of rotatable bonds is 5. The van der Waals surface area contributed by atoms with Gasteiger partial charge in [0, 0.05) is 0 Å². The van der Waals surface area contributed by atoms with Crippen molar-refractivity contribution in [3.8, 4) is 0 Å². The van der Waals surface area contributed by atoms with Crippen LogP contribution in [0.3, 0.4) is 0 Å². The average molecular weight is 228 g/mol. The molecule has 1 rings (SSSR count). The number of hydrogen-bond acceptors (Lipinski definition) is 4. The Morgan fingerprint density at radius 1 is 1.62 bits per heavy atom. The van der Waals surface area contributed by atoms with Crippen LogP contribution in [0.1, 0.15) is 33.1 Å². The molecule has 2 amide bonds. The average Bonchev–Trinajstić information content (AvgIpc) is 2.45. The number of nitrogens with one attached hydrogen (secondary N) is 2. The van der Waals surface area contributed by atoms with E-state index < -0.39 is 23.5 Å². The monoisotopic (exact) mass is 228 g/mol. The van der Waals surface area contributed by atoms with Crippen molar-refractivity contribution in [3.05, 3.63) is 0 Å². The predicted octanol–water partition coefficient (Wildman–Crippen LogP) is -0.365. The van der Waals surface area contributed by atoms with Gasteiger partial charge >= 0.3 is 5.97 Å². The molecule has 90 valence electrons. The van der Waals surface area contributed by atoms with Gasteiger partial charge in [0.15, 0.2) is 0 Å². The van der Waals surface area contributed by atoms with E-state index in [9.17, 15) is 14.4 Å². The first kappa shape index (κ1) is 12.6. The van der Waals surface area contributed by atoms with Gasteiger partial charge in [0.25, 0.3) is 0 Å². The number of carboxylic acids is 1. The highest BCUT2D eigenvalue weighted by atomic mass is 16.4. The predicted molar refractivity (Wildman–Crippen MR) is 55.6 cm³/mol. The highest BCUT2D eigenvalue weighted by Gasteiger charge is 2.40. The minimum atomic E-state index is -1.17. The zero-order chi connectivity index (χ0) is 12.3. The molecule has 0 saturated carbocycles. The summed E-state index contributed by atoms with van der Waals surface area (Å²) in [6.45, 7) is 3.39. The fourth-order valence-electron chi connectivity index (χ4n) is 1.80. The first-order chi connectivity index (χ1) is 7.39. The summed E-state index contributed by atoms with van der Waals surface area (Å²) in [6, 6.07) is -0.736. The van der Waals surface area contributed by atoms with E-state index in [2.05, 4.69) is 10.6 Å². The van der Waals surface area contributed by atoms with Gasteiger partial charge in [-0.2, -0.15) is 0 Å². The van der Waals surface area contributed by atoms with Crippen LogP contribution in [-0.2, 0) is 14.4 Å². The van der Waals surface area contributed by atoms with Gasteiger partial charge in [-0.3, -0.25) is 25.0 Å². The molecule has 1 aliphatic rings. The molecule has 0 bridgehead atoms. The first-order valence-electron chi connectivity index (χ1n) is 5.24. The third-order valence-corrected chi connectivity index (χ3v) is 2.68. The molecule has 3 N–H and O–H groups in total. The van der Waals surface area contributed by atoms with Crippen LogP contribution in [0.15, 0.2) is 0 Å². The molecular formula is C10H16N2O4. The summed E-state index contributed by atoms with van der Waals surface area (Å²) in [5.41, 5.74) is -1.17. The fraction of sp³-hybridized carbons (Fsp3) is 0.700. The maximum atomic E-state index is 11.3. The molecule has 1 aliphatic heterocycles. The van der Waals surface area contributed by atoms with Gasteiger partial charge < -0.3 is 5.11 Å². The lowest BCUT2D eigenvalue weighted by atomic mass is 9.95. The lowest BCUT2D eigenvalue weighted by molar-refractivity contribution is -0.145. The second-order valence-corrected chi connectivity index (χ2v) is 4.20. The molecule has 0 aromatic rings. The maximum Gasteiger partial charge on any atom is 0.323 e. The fourth-order valence-corrected chi connectivity index (χ4v) is 1.80. The molecule has 0 aliphatic carbocycles. The molecule has 1 heterocycles. The lowest BCUT2D eigenvalue weighted by Gasteiger charge is -2.28. The zero-order valence-electron chi connectivity index (χ0n) is 9.37. The van der Waals surface area contributed by atoms with Gasteiger partial charge in [-0.1, -0.05) is 13.3 Å². The SMILES string of the molecule is CCCC(C)(NC1CC(=O)NC1=O)C(=O)O. The van der Waals surface area contributed by atoms with Crippen LogP contribution in [0.4, 0.5) is 0 Å². The Kier molecular flexibility index (Phi) is 3.64. The van der Waals surface area contributed by atoms with E-state index in [1.807, 2.05) is 6.92 Å². The first-order valence-corrected chi connectivity index (χ1v) is 5.24. The molecule has 1 saturated heterocycles. The summed E-state index contributed by atoms with van der Waals surface area (Å²) in [6.07, 6.45) is 1.09. The molecule has 0 aromatic heterocycles. The van der Waals surface area contributed by atoms with Crippen molar-refractivity contribution in [2.24, 2.45) is 0 Å². The van der Waals surface area contributed by atoms with Crippen molar-refractivity contribution in [1.82, 2.24) is 10.6 Å². The van der Waals surface area contributed by atoms with Gasteiger partial charge in [-0.15, -0.1) is 0 Å². The van der Waals surface area contributed by atoms with E-state index in [0.29, 0.717) is 12.8 Å². The minimum absolute atomic E-state index is 0.00537. The van der Waals surface area contributed by atoms with Gasteiger partial charge in [-0.25, -0.2) is 0 Å². The summed E-state index contributed by atoms with van der Waals surface area (Å²) in [7, 11) is 0. The van der Waals surface area contributed by atoms with Crippen LogP contribution in [0.5, 0.6) is 0 Å². The number of carbonyl (C=O) groups is 3. The van der Waals surface area contributed by atoms with Crippen molar-refractivity contribution in [2.75, 3.05) is 0 Å². The lowest BCUT2D eigenvalue weighted by Crippen LogP contribution is -2.55. The van der Waals surface area contributed by atoms with E-state index in [0.717, 1.165) is 0 Å². The number of aliphatic carboxylic acids is 1. The van der Waals surface area contributed by atoms with E-state index in [1.54, 1.807) is 0 Å². The summed E-state index contributed by atoms with van der Waals surface area (Å²) in [5, 5.41) is 14.0. The number of carboxylic acid groups (broad SMARTS) is 1. The number of carbonyl (C=O) groups excluding carboxylic acids is 2. The Morgan fingerprint density at radius 2 is 2.25 bits per heavy atom. The Bertz CT molecular complexity index is 329. The molecule has 0 radical (unpaired) electrons. The molecule has 16 heavy (non-hydrogen) atoms. The normalized spacial score (nSPS) is 24.0. The molecule has 2 atom stereocenters. The summed E-state index contributed by atoms with van der Waals surface area (Å²) in [4.78, 5) is 33.4. The third-order valence-electron chi connectivity index (χ3n) is 2.68. The van der Waals surface area contributed by atoms with Crippen LogP contribution in [-0.4, -0.2) is 34.5 Å². The Hall–Kier alpha value is -1.43. The maximum absolute atomic E-state index is 11.3. The van der Waals surface area contributed by atoms with Crippen molar-refractivity contribution in [2.45, 2.75) is 44.7 Å². The third kappa shape index (κ3) is 2.57. The smallest absolute Gasteiger partial charge is 0.323 e. The van der Waals surface area contributed by atoms with E-state index in [-0.39, 0.29) is 12.3 Å². The van der Waals surface area contributed by atoms with Crippen LogP contribution in [0, 0.1) is 0 Å². The van der Waals surface area contributed by atoms with E-state index >= 15 is 0 Å². The second-order valence-electron chi connectivity index (χ2n) is 4.20. The summed E-state index contributed by atoms with van der Waals surface area (Å²) >= 11 is 0. The summed E-state index contributed by atoms with van der Waals surface area (Å²) in [5.74, 6) is -1.83. The van der Waals surface area contributed by atoms with E-state index in [4.69, 9.17) is 5.11 Å². The van der Waals surface area contributed by atoms with Crippen LogP contribution in [0.2, 0.25) is 0 Å². The molecule has 6 nitrogen and oxygen atoms in total. The van der Waals surface area contributed by atoms with Crippen LogP contribution in [0.25, 0.3) is 0 Å². The highest BCUT2D eigenvalue weighted by Crippen LogP contribution is 2.16. The minimum Gasteiger partial charge on any atom is -0.480 e. The number of hydrogen-bond donors (Lipinski definition) is 3. The van der Waals surface area contributed by atoms with Crippen molar-refractivity contribution >= 4 is 17.8 Å². The van der Waals surface area contributed by atoms with Crippen molar-refractivity contribution in [3.63, 3.8) is 0 Å². The molecular weight excluding hydrogens is 212 g/mol. The van der Waals surface area contributed by atoms with Crippen molar-refractivity contribution in [1.29, 1.82) is 0 Å². The zero-order valence-corrected chi connectivity index (χ0v) is 9.37. The Balaban J connectivity index is 2.72. The molecule has 0 aromatic carbocycles. The van der Waals surface area contributed by atoms with Crippen LogP contribution >= 0.6 is 0 Å². The number of amides is 2. The van der Waals surface area contributed by atoms with E-state index in [1.165, 1.54) is 6.92 Å². The molecule has 6 heteroatoms. The topological polar surface area (TPSA) is 95.5 Å². The van der Waals surface area contributed by atoms with Gasteiger partial charge in [0.05, 0.1) is 12.5 Å². The van der Waals surface area contributed by atoms with Gasteiger partial charge in [0.1, 0.15) is 5.54 Å². The number of imide groups is 1. The quantitative estimate of drug-likeness (QED) is 0.558. The van der Waals surface area contributed by atoms with Crippen LogP contribution < -0.4 is 10.6 Å². The molecule has 1 fully saturated rings. The van der Waals surface area contributed by atoms with Gasteiger partial charge in [0.2, 0.25) is 11.8 Å². The Labute approximate surface area is 93.4 Å². The molecule has 2 unspecified atom stereocenters. The largest absolute Gasteiger partial charge is 0.480 e. The van der Waals surface area contributed by atoms with Gasteiger partial charge in [-0.05, 0) is 13.3 Å². The molecule has 0 spiro atoms. The summed E-state index contributed by atoms with van der Waals surface area (Å²) < 4.78 is 0. The highest BCUT2D eigenvalue weighted by molar-refractivity contribution is 6.05. The van der Waals surface area contributed by atoms with Crippen molar-refractivity contribution < 1.29 is 19.5 Å².